The SMILES string of the molecule is CN1CCN(C(=O)C2Cc3ccccc3CN2C(=O)c2ccccc2Cl)CC1. The van der Waals surface area contributed by atoms with Crippen molar-refractivity contribution in [3.8, 4) is 0 Å². The molecule has 0 aromatic heterocycles. The standard InChI is InChI=1S/C22H24ClN3O2/c1-24-10-12-25(13-11-24)22(28)20-14-16-6-2-3-7-17(16)15-26(20)21(27)18-8-4-5-9-19(18)23/h2-9,20H,10-15H2,1H3. The van der Waals surface area contributed by atoms with E-state index in [-0.39, 0.29) is 11.8 Å². The van der Waals surface area contributed by atoms with Crippen LogP contribution in [-0.4, -0.2) is 65.8 Å². The predicted octanol–water partition coefficient (Wildman–Crippen LogP) is 2.68. The summed E-state index contributed by atoms with van der Waals surface area (Å²) < 4.78 is 0. The van der Waals surface area contributed by atoms with Gasteiger partial charge in [-0.3, -0.25) is 9.59 Å². The number of carbonyl (C=O) groups excluding carboxylic acids is 2. The minimum absolute atomic E-state index is 0.0306. The van der Waals surface area contributed by atoms with Crippen LogP contribution in [0.1, 0.15) is 21.5 Å². The molecule has 28 heavy (non-hydrogen) atoms. The summed E-state index contributed by atoms with van der Waals surface area (Å²) in [5.41, 5.74) is 2.67. The third-order valence-corrected chi connectivity index (χ3v) is 6.04. The molecule has 0 radical (unpaired) electrons. The maximum Gasteiger partial charge on any atom is 0.256 e. The lowest BCUT2D eigenvalue weighted by Gasteiger charge is -2.41. The summed E-state index contributed by atoms with van der Waals surface area (Å²) >= 11 is 6.28. The van der Waals surface area contributed by atoms with E-state index in [2.05, 4.69) is 18.0 Å². The number of nitrogens with zero attached hydrogens (tertiary/aromatic N) is 3. The van der Waals surface area contributed by atoms with Crippen molar-refractivity contribution in [3.63, 3.8) is 0 Å². The van der Waals surface area contributed by atoms with Gasteiger partial charge >= 0.3 is 0 Å². The van der Waals surface area contributed by atoms with Crippen molar-refractivity contribution in [2.75, 3.05) is 33.2 Å². The Morgan fingerprint density at radius 1 is 0.929 bits per heavy atom. The minimum atomic E-state index is -0.498. The van der Waals surface area contributed by atoms with Gasteiger partial charge in [0, 0.05) is 39.1 Å². The number of fused-ring (bicyclic) bond motifs is 1. The Morgan fingerprint density at radius 2 is 1.57 bits per heavy atom. The Bertz CT molecular complexity index is 893. The van der Waals surface area contributed by atoms with Gasteiger partial charge in [-0.2, -0.15) is 0 Å². The molecule has 0 saturated carbocycles. The first-order chi connectivity index (χ1) is 13.5. The Kier molecular flexibility index (Phi) is 5.38. The molecule has 0 aliphatic carbocycles. The molecular formula is C22H24ClN3O2. The second-order valence-electron chi connectivity index (χ2n) is 7.53. The van der Waals surface area contributed by atoms with Crippen LogP contribution in [0, 0.1) is 0 Å². The van der Waals surface area contributed by atoms with E-state index in [9.17, 15) is 9.59 Å². The average Bonchev–Trinajstić information content (AvgIpc) is 2.72. The lowest BCUT2D eigenvalue weighted by molar-refractivity contribution is -0.138. The fourth-order valence-corrected chi connectivity index (χ4v) is 4.20. The highest BCUT2D eigenvalue weighted by atomic mass is 35.5. The molecule has 2 aromatic rings. The van der Waals surface area contributed by atoms with Crippen LogP contribution in [-0.2, 0) is 17.8 Å². The summed E-state index contributed by atoms with van der Waals surface area (Å²) in [7, 11) is 2.06. The summed E-state index contributed by atoms with van der Waals surface area (Å²) in [5.74, 6) is -0.157. The van der Waals surface area contributed by atoms with Gasteiger partial charge in [0.2, 0.25) is 5.91 Å². The van der Waals surface area contributed by atoms with E-state index >= 15 is 0 Å². The molecule has 2 heterocycles. The molecule has 2 aromatic carbocycles. The molecule has 1 unspecified atom stereocenters. The van der Waals surface area contributed by atoms with Crippen LogP contribution in [0.2, 0.25) is 5.02 Å². The molecule has 6 heteroatoms. The van der Waals surface area contributed by atoms with Crippen molar-refractivity contribution in [3.05, 3.63) is 70.2 Å². The predicted molar refractivity (Wildman–Crippen MR) is 109 cm³/mol. The topological polar surface area (TPSA) is 43.9 Å². The maximum atomic E-state index is 13.4. The van der Waals surface area contributed by atoms with Crippen molar-refractivity contribution in [1.82, 2.24) is 14.7 Å². The zero-order valence-corrected chi connectivity index (χ0v) is 16.7. The van der Waals surface area contributed by atoms with Crippen LogP contribution in [0.5, 0.6) is 0 Å². The molecule has 0 N–H and O–H groups in total. The molecule has 1 fully saturated rings. The van der Waals surface area contributed by atoms with Crippen molar-refractivity contribution in [2.45, 2.75) is 19.0 Å². The molecule has 4 rings (SSSR count). The van der Waals surface area contributed by atoms with Crippen molar-refractivity contribution in [1.29, 1.82) is 0 Å². The molecular weight excluding hydrogens is 374 g/mol. The van der Waals surface area contributed by atoms with Gasteiger partial charge in [0.15, 0.2) is 0 Å². The van der Waals surface area contributed by atoms with E-state index in [0.717, 1.165) is 24.2 Å². The van der Waals surface area contributed by atoms with E-state index in [1.165, 1.54) is 0 Å². The quantitative estimate of drug-likeness (QED) is 0.782. The minimum Gasteiger partial charge on any atom is -0.338 e. The Hall–Kier alpha value is -2.37. The van der Waals surface area contributed by atoms with Gasteiger partial charge in [0.05, 0.1) is 10.6 Å². The normalized spacial score (nSPS) is 20.0. The van der Waals surface area contributed by atoms with Gasteiger partial charge in [0.1, 0.15) is 6.04 Å². The highest BCUT2D eigenvalue weighted by Gasteiger charge is 2.38. The molecule has 0 bridgehead atoms. The number of carbonyl (C=O) groups is 2. The molecule has 2 aliphatic heterocycles. The van der Waals surface area contributed by atoms with Crippen LogP contribution >= 0.6 is 11.6 Å². The first-order valence-corrected chi connectivity index (χ1v) is 10.0. The van der Waals surface area contributed by atoms with E-state index in [4.69, 9.17) is 11.6 Å². The smallest absolute Gasteiger partial charge is 0.256 e. The molecule has 1 atom stereocenters. The highest BCUT2D eigenvalue weighted by Crippen LogP contribution is 2.28. The summed E-state index contributed by atoms with van der Waals surface area (Å²) in [6.07, 6.45) is 0.539. The number of halogens is 1. The second kappa shape index (κ2) is 7.94. The Balaban J connectivity index is 1.66. The fraction of sp³-hybridized carbons (Fsp3) is 0.364. The van der Waals surface area contributed by atoms with Gasteiger partial charge < -0.3 is 14.7 Å². The lowest BCUT2D eigenvalue weighted by Crippen LogP contribution is -2.57. The highest BCUT2D eigenvalue weighted by molar-refractivity contribution is 6.33. The van der Waals surface area contributed by atoms with Gasteiger partial charge in [0.25, 0.3) is 5.91 Å². The van der Waals surface area contributed by atoms with Crippen LogP contribution in [0.15, 0.2) is 48.5 Å². The third kappa shape index (κ3) is 3.64. The van der Waals surface area contributed by atoms with Crippen LogP contribution in [0.25, 0.3) is 0 Å². The summed E-state index contributed by atoms with van der Waals surface area (Å²) in [4.78, 5) is 32.5. The first kappa shape index (κ1) is 19.0. The largest absolute Gasteiger partial charge is 0.338 e. The summed E-state index contributed by atoms with van der Waals surface area (Å²) in [6.45, 7) is 3.52. The lowest BCUT2D eigenvalue weighted by atomic mass is 9.92. The number of amides is 2. The number of hydrogen-bond acceptors (Lipinski definition) is 3. The molecule has 2 amide bonds. The number of benzene rings is 2. The molecule has 0 spiro atoms. The monoisotopic (exact) mass is 397 g/mol. The van der Waals surface area contributed by atoms with Gasteiger partial charge in [-0.15, -0.1) is 0 Å². The van der Waals surface area contributed by atoms with Gasteiger partial charge in [-0.25, -0.2) is 0 Å². The van der Waals surface area contributed by atoms with Crippen molar-refractivity contribution >= 4 is 23.4 Å². The van der Waals surface area contributed by atoms with Crippen molar-refractivity contribution < 1.29 is 9.59 Å². The zero-order chi connectivity index (χ0) is 19.7. The van der Waals surface area contributed by atoms with Crippen molar-refractivity contribution in [2.24, 2.45) is 0 Å². The average molecular weight is 398 g/mol. The van der Waals surface area contributed by atoms with E-state index in [1.807, 2.05) is 23.1 Å². The number of hydrogen-bond donors (Lipinski definition) is 0. The Morgan fingerprint density at radius 3 is 2.29 bits per heavy atom. The van der Waals surface area contributed by atoms with E-state index < -0.39 is 6.04 Å². The number of likely N-dealkylation sites (N-methyl/N-ethyl adjacent to an activating group) is 1. The summed E-state index contributed by atoms with van der Waals surface area (Å²) in [6, 6.07) is 14.6. The molecule has 2 aliphatic rings. The van der Waals surface area contributed by atoms with E-state index in [0.29, 0.717) is 36.6 Å². The number of rotatable bonds is 2. The van der Waals surface area contributed by atoms with Crippen LogP contribution < -0.4 is 0 Å². The van der Waals surface area contributed by atoms with E-state index in [1.54, 1.807) is 29.2 Å². The molecule has 1 saturated heterocycles. The first-order valence-electron chi connectivity index (χ1n) is 9.64. The maximum absolute atomic E-state index is 13.4. The fourth-order valence-electron chi connectivity index (χ4n) is 3.98. The third-order valence-electron chi connectivity index (χ3n) is 5.71. The molecule has 146 valence electrons. The number of piperazine rings is 1. The van der Waals surface area contributed by atoms with Crippen LogP contribution in [0.3, 0.4) is 0 Å². The summed E-state index contributed by atoms with van der Waals surface area (Å²) in [5, 5.41) is 0.414. The zero-order valence-electron chi connectivity index (χ0n) is 16.0. The van der Waals surface area contributed by atoms with Crippen LogP contribution in [0.4, 0.5) is 0 Å². The second-order valence-corrected chi connectivity index (χ2v) is 7.94. The van der Waals surface area contributed by atoms with Gasteiger partial charge in [-0.05, 0) is 30.3 Å². The van der Waals surface area contributed by atoms with Gasteiger partial charge in [-0.1, -0.05) is 48.0 Å². The Labute approximate surface area is 170 Å². The molecule has 5 nitrogen and oxygen atoms in total.